The third-order valence-electron chi connectivity index (χ3n) is 3.41. The summed E-state index contributed by atoms with van der Waals surface area (Å²) in [5.41, 5.74) is 4.82. The van der Waals surface area contributed by atoms with E-state index in [2.05, 4.69) is 44.2 Å². The van der Waals surface area contributed by atoms with Crippen molar-refractivity contribution < 1.29 is 4.42 Å². The van der Waals surface area contributed by atoms with Gasteiger partial charge in [0.2, 0.25) is 0 Å². The van der Waals surface area contributed by atoms with Gasteiger partial charge in [0, 0.05) is 10.9 Å². The molecule has 0 saturated heterocycles. The van der Waals surface area contributed by atoms with Crippen LogP contribution in [-0.2, 0) is 6.42 Å². The number of hydrogen-bond acceptors (Lipinski definition) is 1. The SMILES string of the molecule is CCc1cccc(C)c1-c1cc2ccccc2o1. The lowest BCUT2D eigenvalue weighted by atomic mass is 9.98. The van der Waals surface area contributed by atoms with Gasteiger partial charge in [0.25, 0.3) is 0 Å². The number of rotatable bonds is 2. The van der Waals surface area contributed by atoms with E-state index < -0.39 is 0 Å². The van der Waals surface area contributed by atoms with Crippen LogP contribution in [0.25, 0.3) is 22.3 Å². The zero-order chi connectivity index (χ0) is 12.5. The first-order valence-electron chi connectivity index (χ1n) is 6.37. The van der Waals surface area contributed by atoms with Crippen LogP contribution in [-0.4, -0.2) is 0 Å². The Balaban J connectivity index is 2.25. The number of fused-ring (bicyclic) bond motifs is 1. The lowest BCUT2D eigenvalue weighted by Gasteiger charge is -2.08. The summed E-state index contributed by atoms with van der Waals surface area (Å²) in [5.74, 6) is 0.978. The van der Waals surface area contributed by atoms with Crippen LogP contribution in [0.2, 0.25) is 0 Å². The predicted octanol–water partition coefficient (Wildman–Crippen LogP) is 4.97. The fourth-order valence-electron chi connectivity index (χ4n) is 2.48. The van der Waals surface area contributed by atoms with Crippen LogP contribution in [0, 0.1) is 6.92 Å². The number of furan rings is 1. The molecule has 0 aliphatic rings. The number of benzene rings is 2. The maximum atomic E-state index is 5.98. The second-order valence-corrected chi connectivity index (χ2v) is 4.61. The maximum Gasteiger partial charge on any atom is 0.135 e. The van der Waals surface area contributed by atoms with Gasteiger partial charge < -0.3 is 4.42 Å². The Labute approximate surface area is 107 Å². The van der Waals surface area contributed by atoms with Gasteiger partial charge in [-0.25, -0.2) is 0 Å². The molecular weight excluding hydrogens is 220 g/mol. The monoisotopic (exact) mass is 236 g/mol. The highest BCUT2D eigenvalue weighted by molar-refractivity contribution is 5.84. The van der Waals surface area contributed by atoms with Gasteiger partial charge in [-0.05, 0) is 36.6 Å². The van der Waals surface area contributed by atoms with Crippen molar-refractivity contribution in [1.29, 1.82) is 0 Å². The molecule has 1 aromatic heterocycles. The molecule has 0 fully saturated rings. The lowest BCUT2D eigenvalue weighted by molar-refractivity contribution is 0.630. The second kappa shape index (κ2) is 4.34. The molecule has 0 atom stereocenters. The van der Waals surface area contributed by atoms with E-state index in [-0.39, 0.29) is 0 Å². The van der Waals surface area contributed by atoms with Crippen molar-refractivity contribution in [3.63, 3.8) is 0 Å². The van der Waals surface area contributed by atoms with Crippen molar-refractivity contribution in [2.45, 2.75) is 20.3 Å². The molecule has 0 amide bonds. The Kier molecular flexibility index (Phi) is 2.67. The quantitative estimate of drug-likeness (QED) is 0.612. The van der Waals surface area contributed by atoms with Gasteiger partial charge in [-0.15, -0.1) is 0 Å². The summed E-state index contributed by atoms with van der Waals surface area (Å²) in [6, 6.07) is 16.7. The van der Waals surface area contributed by atoms with Crippen LogP contribution in [0.15, 0.2) is 52.9 Å². The highest BCUT2D eigenvalue weighted by Gasteiger charge is 2.11. The van der Waals surface area contributed by atoms with E-state index in [0.717, 1.165) is 23.2 Å². The summed E-state index contributed by atoms with van der Waals surface area (Å²) < 4.78 is 5.98. The lowest BCUT2D eigenvalue weighted by Crippen LogP contribution is -1.89. The Bertz CT molecular complexity index is 659. The minimum absolute atomic E-state index is 0.956. The highest BCUT2D eigenvalue weighted by atomic mass is 16.3. The van der Waals surface area contributed by atoms with Crippen molar-refractivity contribution >= 4 is 11.0 Å². The summed E-state index contributed by atoms with van der Waals surface area (Å²) in [6.07, 6.45) is 1.02. The van der Waals surface area contributed by atoms with E-state index in [0.29, 0.717) is 0 Å². The van der Waals surface area contributed by atoms with Crippen molar-refractivity contribution in [3.05, 3.63) is 59.7 Å². The average molecular weight is 236 g/mol. The molecule has 18 heavy (non-hydrogen) atoms. The van der Waals surface area contributed by atoms with Crippen LogP contribution in [0.4, 0.5) is 0 Å². The molecule has 0 spiro atoms. The van der Waals surface area contributed by atoms with Crippen molar-refractivity contribution in [1.82, 2.24) is 0 Å². The summed E-state index contributed by atoms with van der Waals surface area (Å²) in [4.78, 5) is 0. The molecule has 3 rings (SSSR count). The van der Waals surface area contributed by atoms with Crippen LogP contribution in [0.5, 0.6) is 0 Å². The Hall–Kier alpha value is -2.02. The van der Waals surface area contributed by atoms with E-state index in [1.54, 1.807) is 0 Å². The summed E-state index contributed by atoms with van der Waals surface area (Å²) in [5, 5.41) is 1.16. The van der Waals surface area contributed by atoms with E-state index in [9.17, 15) is 0 Å². The molecule has 0 saturated carbocycles. The van der Waals surface area contributed by atoms with Gasteiger partial charge in [0.05, 0.1) is 0 Å². The Morgan fingerprint density at radius 3 is 2.61 bits per heavy atom. The zero-order valence-electron chi connectivity index (χ0n) is 10.7. The molecule has 1 heteroatoms. The second-order valence-electron chi connectivity index (χ2n) is 4.61. The largest absolute Gasteiger partial charge is 0.456 e. The minimum Gasteiger partial charge on any atom is -0.456 e. The minimum atomic E-state index is 0.956. The first kappa shape index (κ1) is 11.1. The fourth-order valence-corrected chi connectivity index (χ4v) is 2.48. The smallest absolute Gasteiger partial charge is 0.135 e. The van der Waals surface area contributed by atoms with Crippen LogP contribution < -0.4 is 0 Å². The topological polar surface area (TPSA) is 13.1 Å². The third-order valence-corrected chi connectivity index (χ3v) is 3.41. The molecule has 0 N–H and O–H groups in total. The van der Waals surface area contributed by atoms with Gasteiger partial charge >= 0.3 is 0 Å². The van der Waals surface area contributed by atoms with E-state index >= 15 is 0 Å². The molecule has 90 valence electrons. The van der Waals surface area contributed by atoms with Crippen LogP contribution >= 0.6 is 0 Å². The normalized spacial score (nSPS) is 11.0. The summed E-state index contributed by atoms with van der Waals surface area (Å²) >= 11 is 0. The van der Waals surface area contributed by atoms with Crippen molar-refractivity contribution in [2.75, 3.05) is 0 Å². The van der Waals surface area contributed by atoms with Crippen LogP contribution in [0.1, 0.15) is 18.1 Å². The molecule has 1 heterocycles. The molecule has 0 radical (unpaired) electrons. The number of para-hydroxylation sites is 1. The molecule has 0 aliphatic carbocycles. The van der Waals surface area contributed by atoms with E-state index in [1.165, 1.54) is 16.7 Å². The average Bonchev–Trinajstić information content (AvgIpc) is 2.81. The van der Waals surface area contributed by atoms with Gasteiger partial charge in [-0.2, -0.15) is 0 Å². The van der Waals surface area contributed by atoms with E-state index in [1.807, 2.05) is 18.2 Å². The number of hydrogen-bond donors (Lipinski definition) is 0. The summed E-state index contributed by atoms with van der Waals surface area (Å²) in [6.45, 7) is 4.32. The highest BCUT2D eigenvalue weighted by Crippen LogP contribution is 2.32. The fraction of sp³-hybridized carbons (Fsp3) is 0.176. The molecular formula is C17H16O. The number of aryl methyl sites for hydroxylation is 2. The first-order valence-corrected chi connectivity index (χ1v) is 6.37. The van der Waals surface area contributed by atoms with Gasteiger partial charge in [-0.3, -0.25) is 0 Å². The first-order chi connectivity index (χ1) is 8.79. The van der Waals surface area contributed by atoms with Gasteiger partial charge in [0.15, 0.2) is 0 Å². The molecule has 0 unspecified atom stereocenters. The predicted molar refractivity (Wildman–Crippen MR) is 75.8 cm³/mol. The van der Waals surface area contributed by atoms with Crippen molar-refractivity contribution in [2.24, 2.45) is 0 Å². The molecule has 0 aliphatic heterocycles. The van der Waals surface area contributed by atoms with E-state index in [4.69, 9.17) is 4.42 Å². The molecule has 3 aromatic rings. The Morgan fingerprint density at radius 1 is 1.00 bits per heavy atom. The molecule has 1 nitrogen and oxygen atoms in total. The maximum absolute atomic E-state index is 5.98. The molecule has 0 bridgehead atoms. The van der Waals surface area contributed by atoms with Crippen LogP contribution in [0.3, 0.4) is 0 Å². The molecule has 2 aromatic carbocycles. The van der Waals surface area contributed by atoms with Gasteiger partial charge in [-0.1, -0.05) is 43.3 Å². The zero-order valence-corrected chi connectivity index (χ0v) is 10.7. The summed E-state index contributed by atoms with van der Waals surface area (Å²) in [7, 11) is 0. The van der Waals surface area contributed by atoms with Crippen molar-refractivity contribution in [3.8, 4) is 11.3 Å². The van der Waals surface area contributed by atoms with Gasteiger partial charge in [0.1, 0.15) is 11.3 Å². The Morgan fingerprint density at radius 2 is 1.83 bits per heavy atom. The standard InChI is InChI=1S/C17H16O/c1-3-13-9-6-7-12(2)17(13)16-11-14-8-4-5-10-15(14)18-16/h4-11H,3H2,1-2H3. The third kappa shape index (κ3) is 1.72.